The van der Waals surface area contributed by atoms with Gasteiger partial charge in [0.25, 0.3) is 5.91 Å². The van der Waals surface area contributed by atoms with Crippen molar-refractivity contribution in [2.45, 2.75) is 6.92 Å². The molecule has 2 aromatic heterocycles. The van der Waals surface area contributed by atoms with Gasteiger partial charge in [0, 0.05) is 17.4 Å². The highest BCUT2D eigenvalue weighted by molar-refractivity contribution is 6.29. The number of anilines is 1. The standard InChI is InChI=1S/C14H11ClN4O/c1-8-17-11-3-2-10(7-12(11)18-8)19-14(20)9-4-5-16-13(15)6-9/h2-7H,1H3,(H,17,18)(H,19,20). The number of fused-ring (bicyclic) bond motifs is 1. The Morgan fingerprint density at radius 1 is 1.30 bits per heavy atom. The van der Waals surface area contributed by atoms with E-state index in [0.29, 0.717) is 11.3 Å². The number of benzene rings is 1. The molecule has 1 aromatic carbocycles. The number of carbonyl (C=O) groups excluding carboxylic acids is 1. The second-order valence-electron chi connectivity index (χ2n) is 4.38. The van der Waals surface area contributed by atoms with Gasteiger partial charge in [-0.05, 0) is 37.3 Å². The lowest BCUT2D eigenvalue weighted by molar-refractivity contribution is 0.102. The van der Waals surface area contributed by atoms with E-state index in [2.05, 4.69) is 20.3 Å². The first-order chi connectivity index (χ1) is 9.61. The minimum absolute atomic E-state index is 0.232. The molecule has 0 unspecified atom stereocenters. The van der Waals surface area contributed by atoms with Gasteiger partial charge in [0.05, 0.1) is 11.0 Å². The summed E-state index contributed by atoms with van der Waals surface area (Å²) in [4.78, 5) is 23.4. The molecule has 6 heteroatoms. The fourth-order valence-corrected chi connectivity index (χ4v) is 2.14. The molecule has 3 aromatic rings. The van der Waals surface area contributed by atoms with Crippen LogP contribution in [-0.4, -0.2) is 20.9 Å². The summed E-state index contributed by atoms with van der Waals surface area (Å²) in [6.07, 6.45) is 1.50. The molecule has 0 bridgehead atoms. The molecule has 0 spiro atoms. The molecule has 0 aliphatic rings. The van der Waals surface area contributed by atoms with E-state index >= 15 is 0 Å². The van der Waals surface area contributed by atoms with Crippen molar-refractivity contribution in [1.29, 1.82) is 0 Å². The molecule has 2 heterocycles. The van der Waals surface area contributed by atoms with Crippen LogP contribution in [0.4, 0.5) is 5.69 Å². The number of hydrogen-bond donors (Lipinski definition) is 2. The first kappa shape index (κ1) is 12.6. The summed E-state index contributed by atoms with van der Waals surface area (Å²) in [5, 5.41) is 3.10. The van der Waals surface area contributed by atoms with E-state index in [-0.39, 0.29) is 11.1 Å². The summed E-state index contributed by atoms with van der Waals surface area (Å²) in [7, 11) is 0. The quantitative estimate of drug-likeness (QED) is 0.711. The normalized spacial score (nSPS) is 10.7. The maximum absolute atomic E-state index is 12.1. The number of halogens is 1. The first-order valence-corrected chi connectivity index (χ1v) is 6.39. The summed E-state index contributed by atoms with van der Waals surface area (Å²) in [5.41, 5.74) is 2.91. The summed E-state index contributed by atoms with van der Waals surface area (Å²) in [6, 6.07) is 8.64. The molecular weight excluding hydrogens is 276 g/mol. The molecule has 0 aliphatic heterocycles. The smallest absolute Gasteiger partial charge is 0.255 e. The maximum Gasteiger partial charge on any atom is 0.255 e. The second kappa shape index (κ2) is 4.94. The summed E-state index contributed by atoms with van der Waals surface area (Å²) >= 11 is 5.77. The van der Waals surface area contributed by atoms with Crippen LogP contribution < -0.4 is 5.32 Å². The number of nitrogens with one attached hydrogen (secondary N) is 2. The van der Waals surface area contributed by atoms with Crippen LogP contribution in [0.5, 0.6) is 0 Å². The van der Waals surface area contributed by atoms with E-state index in [1.54, 1.807) is 6.07 Å². The van der Waals surface area contributed by atoms with Gasteiger partial charge in [-0.15, -0.1) is 0 Å². The minimum atomic E-state index is -0.232. The zero-order valence-corrected chi connectivity index (χ0v) is 11.4. The Kier molecular flexibility index (Phi) is 3.12. The number of imidazole rings is 1. The van der Waals surface area contributed by atoms with E-state index in [1.165, 1.54) is 12.3 Å². The molecule has 100 valence electrons. The van der Waals surface area contributed by atoms with Crippen LogP contribution in [0.2, 0.25) is 5.15 Å². The third-order valence-electron chi connectivity index (χ3n) is 2.85. The molecule has 0 atom stereocenters. The lowest BCUT2D eigenvalue weighted by atomic mass is 10.2. The summed E-state index contributed by atoms with van der Waals surface area (Å²) in [6.45, 7) is 1.89. The number of aryl methyl sites for hydroxylation is 1. The fourth-order valence-electron chi connectivity index (χ4n) is 1.96. The number of carbonyl (C=O) groups is 1. The number of pyridine rings is 1. The van der Waals surface area contributed by atoms with Gasteiger partial charge in [-0.25, -0.2) is 9.97 Å². The molecular formula is C14H11ClN4O. The summed E-state index contributed by atoms with van der Waals surface area (Å²) < 4.78 is 0. The largest absolute Gasteiger partial charge is 0.342 e. The fraction of sp³-hybridized carbons (Fsp3) is 0.0714. The molecule has 3 rings (SSSR count). The molecule has 0 saturated heterocycles. The predicted molar refractivity (Wildman–Crippen MR) is 78.0 cm³/mol. The number of nitrogens with zero attached hydrogens (tertiary/aromatic N) is 2. The first-order valence-electron chi connectivity index (χ1n) is 6.01. The Morgan fingerprint density at radius 2 is 2.15 bits per heavy atom. The van der Waals surface area contributed by atoms with Crippen molar-refractivity contribution in [3.05, 3.63) is 53.1 Å². The van der Waals surface area contributed by atoms with Gasteiger partial charge in [-0.3, -0.25) is 4.79 Å². The lowest BCUT2D eigenvalue weighted by Gasteiger charge is -2.05. The Bertz CT molecular complexity index is 797. The predicted octanol–water partition coefficient (Wildman–Crippen LogP) is 3.17. The average molecular weight is 287 g/mol. The van der Waals surface area contributed by atoms with Crippen molar-refractivity contribution < 1.29 is 4.79 Å². The van der Waals surface area contributed by atoms with Gasteiger partial charge < -0.3 is 10.3 Å². The zero-order chi connectivity index (χ0) is 14.1. The number of aromatic amines is 1. The Morgan fingerprint density at radius 3 is 2.95 bits per heavy atom. The van der Waals surface area contributed by atoms with E-state index in [0.717, 1.165) is 16.9 Å². The second-order valence-corrected chi connectivity index (χ2v) is 4.76. The van der Waals surface area contributed by atoms with Crippen molar-refractivity contribution in [2.75, 3.05) is 5.32 Å². The van der Waals surface area contributed by atoms with Crippen molar-refractivity contribution in [3.63, 3.8) is 0 Å². The van der Waals surface area contributed by atoms with E-state index in [9.17, 15) is 4.79 Å². The third kappa shape index (κ3) is 2.48. The molecule has 0 radical (unpaired) electrons. The number of rotatable bonds is 2. The SMILES string of the molecule is Cc1nc2ccc(NC(=O)c3ccnc(Cl)c3)cc2[nH]1. The van der Waals surface area contributed by atoms with Crippen molar-refractivity contribution >= 4 is 34.2 Å². The number of aromatic nitrogens is 3. The number of H-pyrrole nitrogens is 1. The minimum Gasteiger partial charge on any atom is -0.342 e. The Balaban J connectivity index is 1.87. The molecule has 0 fully saturated rings. The Hall–Kier alpha value is -2.40. The highest BCUT2D eigenvalue weighted by Gasteiger charge is 2.08. The van der Waals surface area contributed by atoms with Crippen LogP contribution in [0.1, 0.15) is 16.2 Å². The Labute approximate surface area is 120 Å². The molecule has 0 saturated carbocycles. The van der Waals surface area contributed by atoms with Crippen LogP contribution in [-0.2, 0) is 0 Å². The van der Waals surface area contributed by atoms with Crippen LogP contribution in [0.25, 0.3) is 11.0 Å². The van der Waals surface area contributed by atoms with Gasteiger partial charge in [0.1, 0.15) is 11.0 Å². The summed E-state index contributed by atoms with van der Waals surface area (Å²) in [5.74, 6) is 0.606. The third-order valence-corrected chi connectivity index (χ3v) is 3.05. The van der Waals surface area contributed by atoms with Crippen LogP contribution in [0.15, 0.2) is 36.5 Å². The number of hydrogen-bond acceptors (Lipinski definition) is 3. The van der Waals surface area contributed by atoms with Crippen molar-refractivity contribution in [1.82, 2.24) is 15.0 Å². The maximum atomic E-state index is 12.1. The average Bonchev–Trinajstić information content (AvgIpc) is 2.78. The highest BCUT2D eigenvalue weighted by Crippen LogP contribution is 2.18. The van der Waals surface area contributed by atoms with Gasteiger partial charge in [0.2, 0.25) is 0 Å². The number of amides is 1. The van der Waals surface area contributed by atoms with Crippen molar-refractivity contribution in [3.8, 4) is 0 Å². The molecule has 0 aliphatic carbocycles. The van der Waals surface area contributed by atoms with Crippen molar-refractivity contribution in [2.24, 2.45) is 0 Å². The molecule has 1 amide bonds. The van der Waals surface area contributed by atoms with Crippen LogP contribution in [0, 0.1) is 6.92 Å². The van der Waals surface area contributed by atoms with E-state index in [1.807, 2.05) is 25.1 Å². The zero-order valence-electron chi connectivity index (χ0n) is 10.6. The van der Waals surface area contributed by atoms with Crippen LogP contribution in [0.3, 0.4) is 0 Å². The molecule has 2 N–H and O–H groups in total. The lowest BCUT2D eigenvalue weighted by Crippen LogP contribution is -2.11. The topological polar surface area (TPSA) is 70.7 Å². The van der Waals surface area contributed by atoms with Crippen LogP contribution >= 0.6 is 11.6 Å². The van der Waals surface area contributed by atoms with E-state index < -0.39 is 0 Å². The van der Waals surface area contributed by atoms with Gasteiger partial charge >= 0.3 is 0 Å². The molecule has 20 heavy (non-hydrogen) atoms. The van der Waals surface area contributed by atoms with E-state index in [4.69, 9.17) is 11.6 Å². The van der Waals surface area contributed by atoms with Gasteiger partial charge in [-0.2, -0.15) is 0 Å². The monoisotopic (exact) mass is 286 g/mol. The molecule has 5 nitrogen and oxygen atoms in total. The van der Waals surface area contributed by atoms with Gasteiger partial charge in [-0.1, -0.05) is 11.6 Å². The van der Waals surface area contributed by atoms with Gasteiger partial charge in [0.15, 0.2) is 0 Å². The highest BCUT2D eigenvalue weighted by atomic mass is 35.5.